The molecule has 3 N–H and O–H groups in total. The molecule has 1 fully saturated rings. The van der Waals surface area contributed by atoms with Crippen molar-refractivity contribution in [3.63, 3.8) is 0 Å². The molecule has 0 aliphatic heterocycles. The van der Waals surface area contributed by atoms with E-state index in [1.807, 2.05) is 12.3 Å². The second-order valence-corrected chi connectivity index (χ2v) is 10.5. The number of nitrogens with zero attached hydrogens (tertiary/aromatic N) is 1. The molecular weight excluding hydrogens is 398 g/mol. The topological polar surface area (TPSA) is 73.6 Å². The summed E-state index contributed by atoms with van der Waals surface area (Å²) < 4.78 is 0. The lowest BCUT2D eigenvalue weighted by Gasteiger charge is -2.43. The van der Waals surface area contributed by atoms with Crippen LogP contribution in [0.4, 0.5) is 0 Å². The number of rotatable bonds is 1. The van der Waals surface area contributed by atoms with Gasteiger partial charge in [0.2, 0.25) is 0 Å². The number of aromatic nitrogens is 1. The predicted octanol–water partition coefficient (Wildman–Crippen LogP) is 4.70. The molecule has 4 unspecified atom stereocenters. The van der Waals surface area contributed by atoms with E-state index in [2.05, 4.69) is 48.3 Å². The van der Waals surface area contributed by atoms with Crippen molar-refractivity contribution in [3.8, 4) is 0 Å². The molecule has 0 saturated heterocycles. The van der Waals surface area contributed by atoms with Crippen LogP contribution in [0.5, 0.6) is 0 Å². The largest absolute Gasteiger partial charge is 0.393 e. The van der Waals surface area contributed by atoms with Crippen molar-refractivity contribution >= 4 is 16.5 Å². The zero-order chi connectivity index (χ0) is 22.1. The van der Waals surface area contributed by atoms with Crippen molar-refractivity contribution in [1.82, 2.24) is 4.98 Å². The van der Waals surface area contributed by atoms with E-state index < -0.39 is 17.8 Å². The van der Waals surface area contributed by atoms with Gasteiger partial charge in [0.05, 0.1) is 23.3 Å². The minimum Gasteiger partial charge on any atom is -0.393 e. The van der Waals surface area contributed by atoms with Gasteiger partial charge < -0.3 is 15.3 Å². The lowest BCUT2D eigenvalue weighted by atomic mass is 9.61. The molecule has 0 spiro atoms. The summed E-state index contributed by atoms with van der Waals surface area (Å²) in [4.78, 5) is 4.46. The van der Waals surface area contributed by atoms with Gasteiger partial charge in [0.1, 0.15) is 0 Å². The number of aliphatic hydroxyl groups excluding tert-OH is 2. The molecular formula is C28H31NO3. The number of fused-ring (bicyclic) bond motifs is 4. The summed E-state index contributed by atoms with van der Waals surface area (Å²) in [6, 6.07) is 10.6. The summed E-state index contributed by atoms with van der Waals surface area (Å²) in [5.74, 6) is 0.339. The van der Waals surface area contributed by atoms with Crippen LogP contribution in [0.3, 0.4) is 0 Å². The summed E-state index contributed by atoms with van der Waals surface area (Å²) in [5, 5.41) is 34.0. The first-order chi connectivity index (χ1) is 15.4. The van der Waals surface area contributed by atoms with Gasteiger partial charge in [0, 0.05) is 17.0 Å². The van der Waals surface area contributed by atoms with E-state index in [1.54, 1.807) is 0 Å². The molecule has 0 radical (unpaired) electrons. The van der Waals surface area contributed by atoms with E-state index in [-0.39, 0.29) is 5.41 Å². The summed E-state index contributed by atoms with van der Waals surface area (Å²) >= 11 is 0. The maximum Gasteiger partial charge on any atom is 0.0864 e. The molecule has 6 rings (SSSR count). The van der Waals surface area contributed by atoms with Crippen molar-refractivity contribution in [2.75, 3.05) is 0 Å². The number of hydrogen-bond donors (Lipinski definition) is 3. The Morgan fingerprint density at radius 1 is 1.12 bits per heavy atom. The lowest BCUT2D eigenvalue weighted by Crippen LogP contribution is -2.38. The highest BCUT2D eigenvalue weighted by Gasteiger charge is 2.50. The minimum atomic E-state index is -0.840. The van der Waals surface area contributed by atoms with Crippen LogP contribution in [-0.2, 0) is 0 Å². The average Bonchev–Trinajstić information content (AvgIpc) is 3.03. The molecule has 0 amide bonds. The fourth-order valence-corrected chi connectivity index (χ4v) is 6.94. The molecule has 1 aromatic carbocycles. The molecule has 0 bridgehead atoms. The molecule has 5 atom stereocenters. The Balaban J connectivity index is 1.39. The molecule has 166 valence electrons. The van der Waals surface area contributed by atoms with E-state index in [0.717, 1.165) is 34.9 Å². The number of benzene rings is 1. The molecule has 1 heterocycles. The first-order valence-corrected chi connectivity index (χ1v) is 12.0. The van der Waals surface area contributed by atoms with Crippen molar-refractivity contribution in [1.29, 1.82) is 0 Å². The van der Waals surface area contributed by atoms with Crippen molar-refractivity contribution in [3.05, 3.63) is 71.0 Å². The van der Waals surface area contributed by atoms with Crippen molar-refractivity contribution < 1.29 is 15.3 Å². The van der Waals surface area contributed by atoms with Crippen LogP contribution < -0.4 is 0 Å². The van der Waals surface area contributed by atoms with E-state index >= 15 is 0 Å². The van der Waals surface area contributed by atoms with Crippen LogP contribution >= 0.6 is 0 Å². The third-order valence-electron chi connectivity index (χ3n) is 8.71. The first-order valence-electron chi connectivity index (χ1n) is 12.0. The summed E-state index contributed by atoms with van der Waals surface area (Å²) in [6.07, 6.45) is 10.2. The van der Waals surface area contributed by atoms with Crippen LogP contribution in [0, 0.1) is 11.3 Å². The molecule has 4 aliphatic rings. The second kappa shape index (κ2) is 7.11. The van der Waals surface area contributed by atoms with Gasteiger partial charge in [0.15, 0.2) is 0 Å². The van der Waals surface area contributed by atoms with Crippen LogP contribution in [-0.4, -0.2) is 38.1 Å². The highest BCUT2D eigenvalue weighted by Crippen LogP contribution is 2.60. The molecule has 4 aliphatic carbocycles. The van der Waals surface area contributed by atoms with Crippen LogP contribution in [0.25, 0.3) is 16.5 Å². The van der Waals surface area contributed by atoms with E-state index in [0.29, 0.717) is 38.0 Å². The lowest BCUT2D eigenvalue weighted by molar-refractivity contribution is 0.00863. The number of pyridine rings is 1. The first kappa shape index (κ1) is 20.3. The highest BCUT2D eigenvalue weighted by molar-refractivity contribution is 5.85. The molecule has 1 aromatic heterocycles. The summed E-state index contributed by atoms with van der Waals surface area (Å²) in [5.41, 5.74) is 5.79. The Morgan fingerprint density at radius 3 is 2.88 bits per heavy atom. The number of aliphatic hydroxyl groups is 3. The zero-order valence-corrected chi connectivity index (χ0v) is 18.6. The average molecular weight is 430 g/mol. The summed E-state index contributed by atoms with van der Waals surface area (Å²) in [7, 11) is 0. The van der Waals surface area contributed by atoms with Crippen LogP contribution in [0.2, 0.25) is 0 Å². The minimum absolute atomic E-state index is 0.135. The molecule has 4 heteroatoms. The molecule has 32 heavy (non-hydrogen) atoms. The van der Waals surface area contributed by atoms with Crippen LogP contribution in [0.1, 0.15) is 57.4 Å². The van der Waals surface area contributed by atoms with Crippen LogP contribution in [0.15, 0.2) is 65.4 Å². The maximum absolute atomic E-state index is 11.4. The Morgan fingerprint density at radius 2 is 2.00 bits per heavy atom. The Labute approximate surface area is 189 Å². The van der Waals surface area contributed by atoms with Gasteiger partial charge in [-0.2, -0.15) is 0 Å². The predicted molar refractivity (Wildman–Crippen MR) is 126 cm³/mol. The van der Waals surface area contributed by atoms with Gasteiger partial charge in [-0.25, -0.2) is 0 Å². The Kier molecular flexibility index (Phi) is 4.52. The van der Waals surface area contributed by atoms with Crippen molar-refractivity contribution in [2.45, 2.75) is 69.7 Å². The van der Waals surface area contributed by atoms with Gasteiger partial charge in [-0.05, 0) is 91.3 Å². The Hall–Kier alpha value is -2.27. The van der Waals surface area contributed by atoms with Gasteiger partial charge in [0.25, 0.3) is 0 Å². The fourth-order valence-electron chi connectivity index (χ4n) is 6.94. The zero-order valence-electron chi connectivity index (χ0n) is 18.6. The quantitative estimate of drug-likeness (QED) is 0.614. The van der Waals surface area contributed by atoms with E-state index in [4.69, 9.17) is 0 Å². The fraction of sp³-hybridized carbons (Fsp3) is 0.464. The molecule has 2 aromatic rings. The van der Waals surface area contributed by atoms with Gasteiger partial charge >= 0.3 is 0 Å². The standard InChI is InChI=1S/C28H31NO3/c1-27-16-26(31)22-15-19-14-20(30)8-10-28(19,32)11-9-21(22)24(27)6-5-23(27)17-4-7-25-18(13-17)3-2-12-29-25/h2-5,7,12-13,15,20,24,26,30-32H,6,8-11,14,16H2,1H3/t20?,24?,26?,27?,28-/m0/s1. The smallest absolute Gasteiger partial charge is 0.0864 e. The third-order valence-corrected chi connectivity index (χ3v) is 8.71. The van der Waals surface area contributed by atoms with Gasteiger partial charge in [-0.15, -0.1) is 0 Å². The SMILES string of the molecule is CC12CC(O)C3=C(CC[C@@]4(O)CCC(O)CC4=C3)C1CC=C2c1ccc2ncccc2c1. The van der Waals surface area contributed by atoms with Gasteiger partial charge in [-0.1, -0.05) is 36.8 Å². The monoisotopic (exact) mass is 429 g/mol. The normalized spacial score (nSPS) is 36.7. The summed E-state index contributed by atoms with van der Waals surface area (Å²) in [6.45, 7) is 2.31. The third kappa shape index (κ3) is 2.97. The van der Waals surface area contributed by atoms with E-state index in [9.17, 15) is 15.3 Å². The van der Waals surface area contributed by atoms with Crippen molar-refractivity contribution in [2.24, 2.45) is 11.3 Å². The van der Waals surface area contributed by atoms with Gasteiger partial charge in [-0.3, -0.25) is 4.98 Å². The molecule has 4 nitrogen and oxygen atoms in total. The number of hydrogen-bond acceptors (Lipinski definition) is 4. The maximum atomic E-state index is 11.4. The molecule has 1 saturated carbocycles. The second-order valence-electron chi connectivity index (χ2n) is 10.5. The number of allylic oxidation sites excluding steroid dienone is 3. The Bertz CT molecular complexity index is 1190. The van der Waals surface area contributed by atoms with E-state index in [1.165, 1.54) is 16.7 Å². The highest BCUT2D eigenvalue weighted by atomic mass is 16.3.